The standard InChI is InChI=1S/C12H17ClN2O2S/c13-9-10(18-15-11(9)16)12(17)14-7-8-5-3-1-2-4-6-8/h8H,1-7H2,(H,14,17)(H,15,16). The van der Waals surface area contributed by atoms with Gasteiger partial charge in [0.25, 0.3) is 11.5 Å². The Balaban J connectivity index is 1.88. The lowest BCUT2D eigenvalue weighted by atomic mass is 10.0. The number of carbonyl (C=O) groups excluding carboxylic acids is 1. The summed E-state index contributed by atoms with van der Waals surface area (Å²) in [6.45, 7) is 0.682. The van der Waals surface area contributed by atoms with Crippen molar-refractivity contribution in [1.82, 2.24) is 9.69 Å². The van der Waals surface area contributed by atoms with Crippen molar-refractivity contribution >= 4 is 29.0 Å². The van der Waals surface area contributed by atoms with Gasteiger partial charge < -0.3 is 5.32 Å². The highest BCUT2D eigenvalue weighted by Gasteiger charge is 2.18. The highest BCUT2D eigenvalue weighted by Crippen LogP contribution is 2.22. The molecule has 6 heteroatoms. The molecule has 1 heterocycles. The van der Waals surface area contributed by atoms with Crippen molar-refractivity contribution in [3.8, 4) is 0 Å². The molecule has 0 radical (unpaired) electrons. The van der Waals surface area contributed by atoms with Gasteiger partial charge in [-0.25, -0.2) is 0 Å². The number of nitrogens with one attached hydrogen (secondary N) is 2. The van der Waals surface area contributed by atoms with Crippen LogP contribution in [0.4, 0.5) is 0 Å². The summed E-state index contributed by atoms with van der Waals surface area (Å²) in [5.74, 6) is 0.318. The van der Waals surface area contributed by atoms with Crippen LogP contribution in [0.3, 0.4) is 0 Å². The zero-order valence-corrected chi connectivity index (χ0v) is 11.7. The molecule has 100 valence electrons. The van der Waals surface area contributed by atoms with Crippen LogP contribution in [0.15, 0.2) is 4.79 Å². The molecule has 18 heavy (non-hydrogen) atoms. The molecule has 0 aromatic carbocycles. The van der Waals surface area contributed by atoms with E-state index >= 15 is 0 Å². The van der Waals surface area contributed by atoms with E-state index in [1.54, 1.807) is 0 Å². The van der Waals surface area contributed by atoms with Gasteiger partial charge >= 0.3 is 0 Å². The number of rotatable bonds is 3. The number of aromatic nitrogens is 1. The van der Waals surface area contributed by atoms with Gasteiger partial charge in [-0.15, -0.1) is 0 Å². The number of H-pyrrole nitrogens is 1. The first-order valence-corrected chi connectivity index (χ1v) is 7.53. The molecule has 1 amide bonds. The molecule has 0 spiro atoms. The van der Waals surface area contributed by atoms with Gasteiger partial charge in [-0.3, -0.25) is 14.0 Å². The summed E-state index contributed by atoms with van der Waals surface area (Å²) in [5.41, 5.74) is -0.388. The fraction of sp³-hybridized carbons (Fsp3) is 0.667. The van der Waals surface area contributed by atoms with Crippen molar-refractivity contribution in [3.63, 3.8) is 0 Å². The minimum atomic E-state index is -0.388. The molecule has 0 bridgehead atoms. The Bertz CT molecular complexity index is 461. The summed E-state index contributed by atoms with van der Waals surface area (Å²) in [4.78, 5) is 23.3. The van der Waals surface area contributed by atoms with Crippen LogP contribution in [-0.2, 0) is 0 Å². The van der Waals surface area contributed by atoms with E-state index < -0.39 is 0 Å². The Morgan fingerprint density at radius 3 is 2.56 bits per heavy atom. The average molecular weight is 289 g/mol. The molecule has 2 rings (SSSR count). The van der Waals surface area contributed by atoms with Crippen molar-refractivity contribution < 1.29 is 4.79 Å². The van der Waals surface area contributed by atoms with Gasteiger partial charge in [0.15, 0.2) is 0 Å². The Hall–Kier alpha value is -0.810. The molecule has 1 aliphatic carbocycles. The van der Waals surface area contributed by atoms with Gasteiger partial charge in [0.1, 0.15) is 9.90 Å². The van der Waals surface area contributed by atoms with Crippen LogP contribution in [0.25, 0.3) is 0 Å². The van der Waals surface area contributed by atoms with Crippen molar-refractivity contribution in [3.05, 3.63) is 20.3 Å². The minimum Gasteiger partial charge on any atom is -0.351 e. The molecule has 0 atom stereocenters. The third-order valence-electron chi connectivity index (χ3n) is 3.38. The van der Waals surface area contributed by atoms with E-state index in [1.165, 1.54) is 38.5 Å². The summed E-state index contributed by atoms with van der Waals surface area (Å²) >= 11 is 6.75. The molecule has 0 aliphatic heterocycles. The van der Waals surface area contributed by atoms with Crippen LogP contribution in [0.2, 0.25) is 5.02 Å². The minimum absolute atomic E-state index is 0.00151. The highest BCUT2D eigenvalue weighted by molar-refractivity contribution is 7.08. The van der Waals surface area contributed by atoms with Crippen LogP contribution in [0, 0.1) is 5.92 Å². The average Bonchev–Trinajstić information content (AvgIpc) is 2.60. The monoisotopic (exact) mass is 288 g/mol. The number of amides is 1. The summed E-state index contributed by atoms with van der Waals surface area (Å²) < 4.78 is 2.46. The van der Waals surface area contributed by atoms with E-state index in [-0.39, 0.29) is 21.4 Å². The molecule has 4 nitrogen and oxygen atoms in total. The summed E-state index contributed by atoms with van der Waals surface area (Å²) in [5, 5.41) is 2.88. The summed E-state index contributed by atoms with van der Waals surface area (Å²) in [6.07, 6.45) is 7.46. The second-order valence-corrected chi connectivity index (χ2v) is 5.94. The van der Waals surface area contributed by atoms with Crippen LogP contribution in [0.1, 0.15) is 48.2 Å². The van der Waals surface area contributed by atoms with E-state index in [1.807, 2.05) is 0 Å². The zero-order valence-electron chi connectivity index (χ0n) is 10.1. The Morgan fingerprint density at radius 2 is 2.00 bits per heavy atom. The van der Waals surface area contributed by atoms with Crippen molar-refractivity contribution in [2.24, 2.45) is 5.92 Å². The SMILES string of the molecule is O=C(NCC1CCCCCC1)c1s[nH]c(=O)c1Cl. The zero-order chi connectivity index (χ0) is 13.0. The molecule has 1 aliphatic rings. The molecular weight excluding hydrogens is 272 g/mol. The topological polar surface area (TPSA) is 62.0 Å². The Morgan fingerprint density at radius 1 is 1.33 bits per heavy atom. The van der Waals surface area contributed by atoms with E-state index in [0.29, 0.717) is 12.5 Å². The molecule has 0 saturated heterocycles. The Kier molecular flexibility index (Phi) is 4.83. The van der Waals surface area contributed by atoms with Gasteiger partial charge in [-0.05, 0) is 18.8 Å². The smallest absolute Gasteiger partial charge is 0.277 e. The predicted octanol–water partition coefficient (Wildman–Crippen LogP) is 2.79. The molecule has 1 aromatic heterocycles. The molecule has 1 aromatic rings. The van der Waals surface area contributed by atoms with Crippen LogP contribution in [0.5, 0.6) is 0 Å². The number of carbonyl (C=O) groups is 1. The maximum Gasteiger partial charge on any atom is 0.277 e. The fourth-order valence-electron chi connectivity index (χ4n) is 2.32. The largest absolute Gasteiger partial charge is 0.351 e. The van der Waals surface area contributed by atoms with Crippen molar-refractivity contribution in [2.75, 3.05) is 6.54 Å². The first-order chi connectivity index (χ1) is 8.68. The molecule has 0 unspecified atom stereocenters. The van der Waals surface area contributed by atoms with Crippen molar-refractivity contribution in [2.45, 2.75) is 38.5 Å². The number of hydrogen-bond donors (Lipinski definition) is 2. The first kappa shape index (κ1) is 13.6. The summed E-state index contributed by atoms with van der Waals surface area (Å²) in [7, 11) is 0. The van der Waals surface area contributed by atoms with Gasteiger partial charge in [-0.2, -0.15) is 0 Å². The van der Waals surface area contributed by atoms with Crippen LogP contribution < -0.4 is 10.9 Å². The fourth-order valence-corrected chi connectivity index (χ4v) is 3.27. The van der Waals surface area contributed by atoms with Gasteiger partial charge in [0.05, 0.1) is 0 Å². The molecule has 1 saturated carbocycles. The number of hydrogen-bond acceptors (Lipinski definition) is 3. The lowest BCUT2D eigenvalue weighted by Crippen LogP contribution is -2.29. The molecule has 1 fully saturated rings. The lowest BCUT2D eigenvalue weighted by molar-refractivity contribution is 0.0950. The maximum absolute atomic E-state index is 11.9. The number of halogens is 1. The normalized spacial score (nSPS) is 17.4. The van der Waals surface area contributed by atoms with Crippen LogP contribution in [-0.4, -0.2) is 16.8 Å². The van der Waals surface area contributed by atoms with Gasteiger partial charge in [-0.1, -0.05) is 48.8 Å². The Labute approximate surface area is 115 Å². The maximum atomic E-state index is 11.9. The molecular formula is C12H17ClN2O2S. The van der Waals surface area contributed by atoms with Gasteiger partial charge in [0, 0.05) is 6.54 Å². The van der Waals surface area contributed by atoms with Crippen molar-refractivity contribution in [1.29, 1.82) is 0 Å². The number of aromatic amines is 1. The second kappa shape index (κ2) is 6.38. The van der Waals surface area contributed by atoms with E-state index in [0.717, 1.165) is 11.5 Å². The quantitative estimate of drug-likeness (QED) is 0.840. The lowest BCUT2D eigenvalue weighted by Gasteiger charge is -2.14. The van der Waals surface area contributed by atoms with Gasteiger partial charge in [0.2, 0.25) is 0 Å². The van der Waals surface area contributed by atoms with E-state index in [4.69, 9.17) is 11.6 Å². The highest BCUT2D eigenvalue weighted by atomic mass is 35.5. The van der Waals surface area contributed by atoms with Crippen LogP contribution >= 0.6 is 23.1 Å². The van der Waals surface area contributed by atoms with E-state index in [2.05, 4.69) is 9.69 Å². The van der Waals surface area contributed by atoms with E-state index in [9.17, 15) is 9.59 Å². The molecule has 2 N–H and O–H groups in total. The first-order valence-electron chi connectivity index (χ1n) is 6.33. The predicted molar refractivity (Wildman–Crippen MR) is 73.5 cm³/mol. The second-order valence-electron chi connectivity index (χ2n) is 4.74. The summed E-state index contributed by atoms with van der Waals surface area (Å²) in [6, 6.07) is 0. The third-order valence-corrected chi connectivity index (χ3v) is 4.73. The third kappa shape index (κ3) is 3.36.